The number of hydrogen-bond acceptors (Lipinski definition) is 5. The third kappa shape index (κ3) is 4.83. The monoisotopic (exact) mass is 454 g/mol. The molecule has 0 aliphatic carbocycles. The Labute approximate surface area is 192 Å². The smallest absolute Gasteiger partial charge is 0.254 e. The largest absolute Gasteiger partial charge is 0.490 e. The van der Waals surface area contributed by atoms with Gasteiger partial charge < -0.3 is 19.3 Å². The summed E-state index contributed by atoms with van der Waals surface area (Å²) in [6.45, 7) is 7.57. The average molecular weight is 455 g/mol. The molecular weight excluding hydrogens is 428 g/mol. The van der Waals surface area contributed by atoms with Crippen molar-refractivity contribution in [3.8, 4) is 22.8 Å². The molecule has 0 bridgehead atoms. The van der Waals surface area contributed by atoms with Crippen LogP contribution in [0.25, 0.3) is 11.3 Å². The first-order valence-corrected chi connectivity index (χ1v) is 11.2. The van der Waals surface area contributed by atoms with Gasteiger partial charge in [-0.2, -0.15) is 5.10 Å². The number of aromatic amines is 1. The molecule has 168 valence electrons. The van der Waals surface area contributed by atoms with Crippen LogP contribution in [-0.2, 0) is 0 Å². The van der Waals surface area contributed by atoms with Gasteiger partial charge in [0, 0.05) is 42.8 Å². The number of piperazine rings is 1. The van der Waals surface area contributed by atoms with Gasteiger partial charge in [0.1, 0.15) is 0 Å². The number of halogens is 1. The minimum absolute atomic E-state index is 0.00228. The second-order valence-electron chi connectivity index (χ2n) is 7.45. The minimum atomic E-state index is -0.00228. The summed E-state index contributed by atoms with van der Waals surface area (Å²) in [4.78, 5) is 17.1. The lowest BCUT2D eigenvalue weighted by Crippen LogP contribution is -2.49. The van der Waals surface area contributed by atoms with E-state index in [0.717, 1.165) is 17.1 Å². The van der Waals surface area contributed by atoms with Crippen molar-refractivity contribution >= 4 is 23.3 Å². The number of hydrogen-bond donors (Lipinski definition) is 1. The molecule has 1 aromatic heterocycles. The zero-order chi connectivity index (χ0) is 22.5. The van der Waals surface area contributed by atoms with Crippen LogP contribution in [0.3, 0.4) is 0 Å². The fourth-order valence-electron chi connectivity index (χ4n) is 3.76. The van der Waals surface area contributed by atoms with E-state index in [0.29, 0.717) is 61.5 Å². The lowest BCUT2D eigenvalue weighted by atomic mass is 10.1. The third-order valence-electron chi connectivity index (χ3n) is 5.40. The van der Waals surface area contributed by atoms with Crippen molar-refractivity contribution in [2.45, 2.75) is 13.8 Å². The average Bonchev–Trinajstić information content (AvgIpc) is 3.31. The number of anilines is 1. The first-order chi connectivity index (χ1) is 15.6. The van der Waals surface area contributed by atoms with Gasteiger partial charge in [-0.05, 0) is 49.7 Å². The number of H-pyrrole nitrogens is 1. The molecule has 4 rings (SSSR count). The molecule has 0 spiro atoms. The van der Waals surface area contributed by atoms with Gasteiger partial charge in [0.25, 0.3) is 5.91 Å². The maximum Gasteiger partial charge on any atom is 0.254 e. The Morgan fingerprint density at radius 2 is 1.66 bits per heavy atom. The Morgan fingerprint density at radius 3 is 2.34 bits per heavy atom. The highest BCUT2D eigenvalue weighted by molar-refractivity contribution is 6.30. The molecule has 2 heterocycles. The summed E-state index contributed by atoms with van der Waals surface area (Å²) in [6.07, 6.45) is 0. The van der Waals surface area contributed by atoms with Gasteiger partial charge in [-0.1, -0.05) is 23.7 Å². The zero-order valence-corrected chi connectivity index (χ0v) is 19.1. The Bertz CT molecular complexity index is 1060. The van der Waals surface area contributed by atoms with Gasteiger partial charge in [-0.25, -0.2) is 0 Å². The molecule has 1 aliphatic rings. The topological polar surface area (TPSA) is 70.7 Å². The van der Waals surface area contributed by atoms with Crippen molar-refractivity contribution in [3.05, 3.63) is 59.1 Å². The van der Waals surface area contributed by atoms with Crippen molar-refractivity contribution in [1.82, 2.24) is 15.1 Å². The Balaban J connectivity index is 1.40. The number of rotatable bonds is 7. The van der Waals surface area contributed by atoms with Gasteiger partial charge in [0.15, 0.2) is 17.3 Å². The second-order valence-corrected chi connectivity index (χ2v) is 7.89. The number of carbonyl (C=O) groups is 1. The van der Waals surface area contributed by atoms with E-state index in [2.05, 4.69) is 15.1 Å². The molecule has 1 aliphatic heterocycles. The SMILES string of the molecule is CCOc1ccc(C(=O)N2CCN(c3cc(-c4ccc(Cl)cc4)[nH]n3)CC2)cc1OCC. The number of ether oxygens (including phenoxy) is 2. The first-order valence-electron chi connectivity index (χ1n) is 10.8. The zero-order valence-electron chi connectivity index (χ0n) is 18.3. The Morgan fingerprint density at radius 1 is 0.969 bits per heavy atom. The number of carbonyl (C=O) groups excluding carboxylic acids is 1. The van der Waals surface area contributed by atoms with Gasteiger partial charge in [0.2, 0.25) is 0 Å². The number of amides is 1. The van der Waals surface area contributed by atoms with Crippen molar-refractivity contribution in [2.24, 2.45) is 0 Å². The van der Waals surface area contributed by atoms with E-state index in [9.17, 15) is 4.79 Å². The lowest BCUT2D eigenvalue weighted by molar-refractivity contribution is 0.0746. The summed E-state index contributed by atoms with van der Waals surface area (Å²) >= 11 is 5.98. The second kappa shape index (κ2) is 9.96. The molecule has 1 fully saturated rings. The maximum absolute atomic E-state index is 13.1. The molecule has 8 heteroatoms. The summed E-state index contributed by atoms with van der Waals surface area (Å²) in [6, 6.07) is 15.1. The molecule has 32 heavy (non-hydrogen) atoms. The summed E-state index contributed by atoms with van der Waals surface area (Å²) in [5, 5.41) is 8.26. The van der Waals surface area contributed by atoms with Gasteiger partial charge in [-0.15, -0.1) is 0 Å². The summed E-state index contributed by atoms with van der Waals surface area (Å²) < 4.78 is 11.3. The first kappa shape index (κ1) is 22.0. The molecule has 0 saturated carbocycles. The summed E-state index contributed by atoms with van der Waals surface area (Å²) in [7, 11) is 0. The van der Waals surface area contributed by atoms with Crippen molar-refractivity contribution in [2.75, 3.05) is 44.3 Å². The van der Waals surface area contributed by atoms with E-state index in [1.165, 1.54) is 0 Å². The van der Waals surface area contributed by atoms with Crippen LogP contribution in [0.15, 0.2) is 48.5 Å². The maximum atomic E-state index is 13.1. The summed E-state index contributed by atoms with van der Waals surface area (Å²) in [5.74, 6) is 2.13. The molecule has 2 aromatic carbocycles. The van der Waals surface area contributed by atoms with E-state index >= 15 is 0 Å². The number of benzene rings is 2. The van der Waals surface area contributed by atoms with Crippen LogP contribution in [-0.4, -0.2) is 60.4 Å². The predicted molar refractivity (Wildman–Crippen MR) is 126 cm³/mol. The van der Waals surface area contributed by atoms with Crippen LogP contribution in [0.4, 0.5) is 5.82 Å². The van der Waals surface area contributed by atoms with Gasteiger partial charge in [0.05, 0.1) is 18.9 Å². The highest BCUT2D eigenvalue weighted by atomic mass is 35.5. The highest BCUT2D eigenvalue weighted by Crippen LogP contribution is 2.29. The van der Waals surface area contributed by atoms with Crippen LogP contribution in [0.5, 0.6) is 11.5 Å². The molecule has 0 radical (unpaired) electrons. The number of nitrogens with one attached hydrogen (secondary N) is 1. The molecule has 0 unspecified atom stereocenters. The van der Waals surface area contributed by atoms with Crippen LogP contribution < -0.4 is 14.4 Å². The molecule has 3 aromatic rings. The van der Waals surface area contributed by atoms with E-state index in [-0.39, 0.29) is 5.91 Å². The number of aromatic nitrogens is 2. The van der Waals surface area contributed by atoms with Crippen molar-refractivity contribution in [1.29, 1.82) is 0 Å². The Hall–Kier alpha value is -3.19. The van der Waals surface area contributed by atoms with E-state index in [1.54, 1.807) is 18.2 Å². The fraction of sp³-hybridized carbons (Fsp3) is 0.333. The number of nitrogens with zero attached hydrogens (tertiary/aromatic N) is 3. The van der Waals surface area contributed by atoms with E-state index in [4.69, 9.17) is 21.1 Å². The van der Waals surface area contributed by atoms with Crippen LogP contribution >= 0.6 is 11.6 Å². The highest BCUT2D eigenvalue weighted by Gasteiger charge is 2.24. The van der Waals surface area contributed by atoms with E-state index in [1.807, 2.05) is 49.1 Å². The lowest BCUT2D eigenvalue weighted by Gasteiger charge is -2.34. The van der Waals surface area contributed by atoms with Crippen molar-refractivity contribution < 1.29 is 14.3 Å². The molecule has 7 nitrogen and oxygen atoms in total. The van der Waals surface area contributed by atoms with Crippen LogP contribution in [0.2, 0.25) is 5.02 Å². The Kier molecular flexibility index (Phi) is 6.85. The van der Waals surface area contributed by atoms with Crippen LogP contribution in [0, 0.1) is 0 Å². The normalized spacial score (nSPS) is 13.8. The fourth-order valence-corrected chi connectivity index (χ4v) is 3.88. The molecule has 1 saturated heterocycles. The molecule has 1 amide bonds. The minimum Gasteiger partial charge on any atom is -0.490 e. The molecule has 1 N–H and O–H groups in total. The van der Waals surface area contributed by atoms with Gasteiger partial charge >= 0.3 is 0 Å². The quantitative estimate of drug-likeness (QED) is 0.569. The predicted octanol–water partition coefficient (Wildman–Crippen LogP) is 4.49. The molecule has 0 atom stereocenters. The van der Waals surface area contributed by atoms with Crippen LogP contribution in [0.1, 0.15) is 24.2 Å². The van der Waals surface area contributed by atoms with E-state index < -0.39 is 0 Å². The molecular formula is C24H27ClN4O3. The van der Waals surface area contributed by atoms with Crippen molar-refractivity contribution in [3.63, 3.8) is 0 Å². The third-order valence-corrected chi connectivity index (χ3v) is 5.65. The summed E-state index contributed by atoms with van der Waals surface area (Å²) in [5.41, 5.74) is 2.57. The van der Waals surface area contributed by atoms with Gasteiger partial charge in [-0.3, -0.25) is 9.89 Å². The standard InChI is InChI=1S/C24H27ClN4O3/c1-3-31-21-10-7-18(15-22(21)32-4-2)24(30)29-13-11-28(12-14-29)23-16-20(26-27-23)17-5-8-19(25)9-6-17/h5-10,15-16H,3-4,11-14H2,1-2H3,(H,26,27).